The summed E-state index contributed by atoms with van der Waals surface area (Å²) in [6.07, 6.45) is 6.71. The summed E-state index contributed by atoms with van der Waals surface area (Å²) in [6.45, 7) is 3.69. The van der Waals surface area contributed by atoms with Crippen LogP contribution in [0, 0.1) is 0 Å². The van der Waals surface area contributed by atoms with E-state index in [1.54, 1.807) is 11.1 Å². The minimum Gasteiger partial charge on any atom is -0.294 e. The van der Waals surface area contributed by atoms with E-state index in [9.17, 15) is 0 Å². The minimum absolute atomic E-state index is 0.679. The van der Waals surface area contributed by atoms with Gasteiger partial charge >= 0.3 is 0 Å². The Labute approximate surface area is 112 Å². The molecule has 92 valence electrons. The summed E-state index contributed by atoms with van der Waals surface area (Å²) in [4.78, 5) is 2.74. The number of rotatable bonds is 1. The van der Waals surface area contributed by atoms with Crippen molar-refractivity contribution < 1.29 is 0 Å². The van der Waals surface area contributed by atoms with Crippen molar-refractivity contribution in [2.75, 3.05) is 6.54 Å². The first kappa shape index (κ1) is 11.7. The van der Waals surface area contributed by atoms with E-state index in [-0.39, 0.29) is 0 Å². The molecule has 2 heteroatoms. The van der Waals surface area contributed by atoms with Gasteiger partial charge in [-0.3, -0.25) is 4.90 Å². The molecule has 1 saturated heterocycles. The number of hydrogen-bond acceptors (Lipinski definition) is 1. The van der Waals surface area contributed by atoms with Gasteiger partial charge in [0.2, 0.25) is 0 Å². The van der Waals surface area contributed by atoms with Crippen LogP contribution in [0.5, 0.6) is 0 Å². The number of likely N-dealkylation sites (tertiary alicyclic amines) is 1. The van der Waals surface area contributed by atoms with Crippen LogP contribution in [-0.2, 0) is 6.42 Å². The van der Waals surface area contributed by atoms with Crippen LogP contribution in [0.25, 0.3) is 0 Å². The van der Waals surface area contributed by atoms with E-state index < -0.39 is 0 Å². The molecule has 0 radical (unpaired) electrons. The summed E-state index contributed by atoms with van der Waals surface area (Å²) < 4.78 is 1.31. The lowest BCUT2D eigenvalue weighted by molar-refractivity contribution is 0.105. The summed E-state index contributed by atoms with van der Waals surface area (Å²) >= 11 is 3.70. The van der Waals surface area contributed by atoms with E-state index in [1.807, 2.05) is 0 Å². The van der Waals surface area contributed by atoms with Gasteiger partial charge in [-0.1, -0.05) is 34.5 Å². The maximum absolute atomic E-state index is 3.70. The highest BCUT2D eigenvalue weighted by Crippen LogP contribution is 2.41. The molecule has 1 aliphatic carbocycles. The highest BCUT2D eigenvalue weighted by molar-refractivity contribution is 9.10. The molecule has 1 aliphatic heterocycles. The Morgan fingerprint density at radius 3 is 2.94 bits per heavy atom. The van der Waals surface area contributed by atoms with E-state index >= 15 is 0 Å². The molecule has 1 aromatic carbocycles. The predicted octanol–water partition coefficient (Wildman–Crippen LogP) is 4.31. The number of piperidine rings is 1. The van der Waals surface area contributed by atoms with Crippen LogP contribution in [0.2, 0.25) is 0 Å². The van der Waals surface area contributed by atoms with Crippen LogP contribution in [0.15, 0.2) is 22.7 Å². The molecule has 1 nitrogen and oxygen atoms in total. The van der Waals surface area contributed by atoms with Crippen molar-refractivity contribution >= 4 is 15.9 Å². The normalized spacial score (nSPS) is 29.3. The summed E-state index contributed by atoms with van der Waals surface area (Å²) in [7, 11) is 0. The monoisotopic (exact) mass is 293 g/mol. The Morgan fingerprint density at radius 1 is 1.24 bits per heavy atom. The van der Waals surface area contributed by atoms with Crippen LogP contribution < -0.4 is 0 Å². The third-order valence-corrected chi connectivity index (χ3v) is 5.18. The largest absolute Gasteiger partial charge is 0.294 e. The maximum atomic E-state index is 3.70. The van der Waals surface area contributed by atoms with Crippen LogP contribution in [-0.4, -0.2) is 17.5 Å². The van der Waals surface area contributed by atoms with Gasteiger partial charge in [-0.25, -0.2) is 0 Å². The van der Waals surface area contributed by atoms with E-state index in [1.165, 1.54) is 43.1 Å². The Morgan fingerprint density at radius 2 is 2.12 bits per heavy atom. The number of hydrogen-bond donors (Lipinski definition) is 0. The molecule has 0 bridgehead atoms. The fourth-order valence-electron chi connectivity index (χ4n) is 3.52. The van der Waals surface area contributed by atoms with Crippen LogP contribution in [0.1, 0.15) is 49.8 Å². The fourth-order valence-corrected chi connectivity index (χ4v) is 4.10. The van der Waals surface area contributed by atoms with Gasteiger partial charge in [0.05, 0.1) is 0 Å². The smallest absolute Gasteiger partial charge is 0.0357 e. The summed E-state index contributed by atoms with van der Waals surface area (Å²) in [5.74, 6) is 0. The lowest BCUT2D eigenvalue weighted by Gasteiger charge is -2.38. The van der Waals surface area contributed by atoms with E-state index in [4.69, 9.17) is 0 Å². The highest BCUT2D eigenvalue weighted by atomic mass is 79.9. The second kappa shape index (κ2) is 4.74. The third kappa shape index (κ3) is 2.06. The Hall–Kier alpha value is -0.340. The lowest BCUT2D eigenvalue weighted by Crippen LogP contribution is -2.39. The standard InChI is InChI=1S/C15H20BrN/c1-11-5-2-3-10-17(11)15-9-8-12-13(15)6-4-7-14(12)16/h4,6-7,11,15H,2-3,5,8-10H2,1H3. The van der Waals surface area contributed by atoms with Crippen LogP contribution in [0.4, 0.5) is 0 Å². The molecule has 2 aliphatic rings. The summed E-state index contributed by atoms with van der Waals surface area (Å²) in [6, 6.07) is 8.15. The molecule has 0 N–H and O–H groups in total. The number of benzene rings is 1. The van der Waals surface area contributed by atoms with Gasteiger partial charge in [-0.2, -0.15) is 0 Å². The minimum atomic E-state index is 0.679. The zero-order valence-electron chi connectivity index (χ0n) is 10.5. The lowest BCUT2D eigenvalue weighted by atomic mass is 9.98. The average molecular weight is 294 g/mol. The van der Waals surface area contributed by atoms with Gasteiger partial charge in [0, 0.05) is 16.6 Å². The molecule has 0 saturated carbocycles. The topological polar surface area (TPSA) is 3.24 Å². The van der Waals surface area contributed by atoms with Gasteiger partial charge in [0.1, 0.15) is 0 Å². The molecule has 2 atom stereocenters. The van der Waals surface area contributed by atoms with Crippen molar-refractivity contribution in [2.24, 2.45) is 0 Å². The van der Waals surface area contributed by atoms with E-state index in [2.05, 4.69) is 46.0 Å². The van der Waals surface area contributed by atoms with Crippen molar-refractivity contribution in [1.29, 1.82) is 0 Å². The van der Waals surface area contributed by atoms with Gasteiger partial charge in [-0.05, 0) is 56.3 Å². The molecule has 1 heterocycles. The third-order valence-electron chi connectivity index (χ3n) is 4.44. The van der Waals surface area contributed by atoms with Gasteiger partial charge in [-0.15, -0.1) is 0 Å². The molecule has 3 rings (SSSR count). The molecule has 2 unspecified atom stereocenters. The fraction of sp³-hybridized carbons (Fsp3) is 0.600. The van der Waals surface area contributed by atoms with Gasteiger partial charge in [0.25, 0.3) is 0 Å². The second-order valence-electron chi connectivity index (χ2n) is 5.44. The molecule has 0 aromatic heterocycles. The van der Waals surface area contributed by atoms with Gasteiger partial charge < -0.3 is 0 Å². The second-order valence-corrected chi connectivity index (χ2v) is 6.30. The molecular formula is C15H20BrN. The SMILES string of the molecule is CC1CCCCN1C1CCc2c(Br)cccc21. The zero-order valence-corrected chi connectivity index (χ0v) is 12.0. The summed E-state index contributed by atoms with van der Waals surface area (Å²) in [5.41, 5.74) is 3.13. The van der Waals surface area contributed by atoms with Crippen molar-refractivity contribution in [3.05, 3.63) is 33.8 Å². The molecule has 0 amide bonds. The maximum Gasteiger partial charge on any atom is 0.0357 e. The Bertz CT molecular complexity index is 415. The van der Waals surface area contributed by atoms with Crippen molar-refractivity contribution in [3.63, 3.8) is 0 Å². The first-order valence-electron chi connectivity index (χ1n) is 6.80. The van der Waals surface area contributed by atoms with Gasteiger partial charge in [0.15, 0.2) is 0 Å². The molecule has 1 fully saturated rings. The van der Waals surface area contributed by atoms with Crippen molar-refractivity contribution in [3.8, 4) is 0 Å². The quantitative estimate of drug-likeness (QED) is 0.746. The Balaban J connectivity index is 1.90. The van der Waals surface area contributed by atoms with Crippen molar-refractivity contribution in [1.82, 2.24) is 4.90 Å². The molecule has 17 heavy (non-hydrogen) atoms. The molecule has 0 spiro atoms. The highest BCUT2D eigenvalue weighted by Gasteiger charge is 2.32. The first-order chi connectivity index (χ1) is 8.27. The molecule has 1 aromatic rings. The van der Waals surface area contributed by atoms with Crippen LogP contribution in [0.3, 0.4) is 0 Å². The van der Waals surface area contributed by atoms with E-state index in [0.717, 1.165) is 6.04 Å². The molecular weight excluding hydrogens is 274 g/mol. The number of halogens is 1. The zero-order chi connectivity index (χ0) is 11.8. The first-order valence-corrected chi connectivity index (χ1v) is 7.59. The Kier molecular flexibility index (Phi) is 3.27. The average Bonchev–Trinajstić information content (AvgIpc) is 2.75. The number of fused-ring (bicyclic) bond motifs is 1. The predicted molar refractivity (Wildman–Crippen MR) is 75.2 cm³/mol. The van der Waals surface area contributed by atoms with Crippen LogP contribution >= 0.6 is 15.9 Å². The van der Waals surface area contributed by atoms with E-state index in [0.29, 0.717) is 6.04 Å². The van der Waals surface area contributed by atoms with Crippen molar-refractivity contribution in [2.45, 2.75) is 51.1 Å². The summed E-state index contributed by atoms with van der Waals surface area (Å²) in [5, 5.41) is 0. The number of nitrogens with zero attached hydrogens (tertiary/aromatic N) is 1.